The highest BCUT2D eigenvalue weighted by molar-refractivity contribution is 5.48. The van der Waals surface area contributed by atoms with Gasteiger partial charge >= 0.3 is 0 Å². The minimum atomic E-state index is 0.550. The zero-order valence-electron chi connectivity index (χ0n) is 11.1. The van der Waals surface area contributed by atoms with E-state index in [-0.39, 0.29) is 0 Å². The molecule has 3 aliphatic rings. The van der Waals surface area contributed by atoms with Gasteiger partial charge in [-0.2, -0.15) is 0 Å². The van der Waals surface area contributed by atoms with E-state index in [1.54, 1.807) is 0 Å². The highest BCUT2D eigenvalue weighted by Crippen LogP contribution is 2.46. The van der Waals surface area contributed by atoms with Crippen LogP contribution < -0.4 is 16.6 Å². The highest BCUT2D eigenvalue weighted by Gasteiger charge is 2.41. The van der Waals surface area contributed by atoms with Crippen molar-refractivity contribution in [3.05, 3.63) is 11.9 Å². The maximum Gasteiger partial charge on any atom is 0.145 e. The molecular weight excluding hydrogens is 238 g/mol. The highest BCUT2D eigenvalue weighted by atomic mass is 15.3. The van der Waals surface area contributed by atoms with Crippen molar-refractivity contribution in [2.45, 2.75) is 50.5 Å². The summed E-state index contributed by atoms with van der Waals surface area (Å²) in [6.07, 6.45) is 7.91. The van der Waals surface area contributed by atoms with Gasteiger partial charge in [-0.25, -0.2) is 15.8 Å². The van der Waals surface area contributed by atoms with E-state index in [4.69, 9.17) is 5.84 Å². The Kier molecular flexibility index (Phi) is 2.62. The molecule has 5 heteroatoms. The number of hydrazine groups is 1. The van der Waals surface area contributed by atoms with Gasteiger partial charge in [0.1, 0.15) is 17.5 Å². The summed E-state index contributed by atoms with van der Waals surface area (Å²) in [5.74, 6) is 10.4. The molecule has 3 saturated carbocycles. The van der Waals surface area contributed by atoms with Gasteiger partial charge in [0.05, 0.1) is 0 Å². The van der Waals surface area contributed by atoms with E-state index in [0.29, 0.717) is 12.0 Å². The van der Waals surface area contributed by atoms with Crippen molar-refractivity contribution < 1.29 is 0 Å². The summed E-state index contributed by atoms with van der Waals surface area (Å²) in [5, 5.41) is 3.65. The van der Waals surface area contributed by atoms with Crippen molar-refractivity contribution in [2.75, 3.05) is 10.7 Å². The summed E-state index contributed by atoms with van der Waals surface area (Å²) in [6.45, 7) is 0. The largest absolute Gasteiger partial charge is 0.367 e. The van der Waals surface area contributed by atoms with Crippen LogP contribution in [-0.4, -0.2) is 16.0 Å². The van der Waals surface area contributed by atoms with Crippen molar-refractivity contribution in [1.29, 1.82) is 0 Å². The second kappa shape index (κ2) is 4.34. The first-order chi connectivity index (χ1) is 9.33. The Labute approximate surface area is 113 Å². The fourth-order valence-corrected chi connectivity index (χ4v) is 2.84. The van der Waals surface area contributed by atoms with Crippen LogP contribution in [0.25, 0.3) is 0 Å². The van der Waals surface area contributed by atoms with Crippen molar-refractivity contribution in [2.24, 2.45) is 17.7 Å². The smallest absolute Gasteiger partial charge is 0.145 e. The normalized spacial score (nSPS) is 22.6. The van der Waals surface area contributed by atoms with Crippen LogP contribution in [0, 0.1) is 11.8 Å². The predicted molar refractivity (Wildman–Crippen MR) is 74.7 cm³/mol. The van der Waals surface area contributed by atoms with E-state index in [1.807, 2.05) is 6.07 Å². The third-order valence-electron chi connectivity index (χ3n) is 4.41. The summed E-state index contributed by atoms with van der Waals surface area (Å²) in [6, 6.07) is 2.55. The Morgan fingerprint density at radius 2 is 1.63 bits per heavy atom. The zero-order chi connectivity index (χ0) is 12.8. The molecule has 1 heterocycles. The first kappa shape index (κ1) is 11.5. The zero-order valence-corrected chi connectivity index (χ0v) is 11.1. The van der Waals surface area contributed by atoms with Gasteiger partial charge in [-0.15, -0.1) is 0 Å². The molecule has 0 amide bonds. The first-order valence-corrected chi connectivity index (χ1v) is 7.45. The quantitative estimate of drug-likeness (QED) is 0.539. The fourth-order valence-electron chi connectivity index (χ4n) is 2.84. The molecule has 1 aromatic heterocycles. The van der Waals surface area contributed by atoms with Gasteiger partial charge in [0.2, 0.25) is 0 Å². The van der Waals surface area contributed by atoms with Gasteiger partial charge in [-0.05, 0) is 50.4 Å². The van der Waals surface area contributed by atoms with Gasteiger partial charge in [0.25, 0.3) is 0 Å². The number of hydrogen-bond acceptors (Lipinski definition) is 5. The molecular formula is C14H21N5. The Balaban J connectivity index is 1.56. The summed E-state index contributed by atoms with van der Waals surface area (Å²) in [5.41, 5.74) is 2.66. The van der Waals surface area contributed by atoms with Crippen molar-refractivity contribution in [1.82, 2.24) is 9.97 Å². The Morgan fingerprint density at radius 1 is 1.00 bits per heavy atom. The monoisotopic (exact) mass is 259 g/mol. The lowest BCUT2D eigenvalue weighted by molar-refractivity contribution is 0.565. The molecule has 19 heavy (non-hydrogen) atoms. The molecule has 4 N–H and O–H groups in total. The number of hydrogen-bond donors (Lipinski definition) is 3. The van der Waals surface area contributed by atoms with Crippen LogP contribution in [0.2, 0.25) is 0 Å². The average molecular weight is 259 g/mol. The molecule has 0 atom stereocenters. The van der Waals surface area contributed by atoms with Gasteiger partial charge in [-0.3, -0.25) is 0 Å². The molecule has 0 saturated heterocycles. The number of anilines is 2. The number of rotatable bonds is 6. The van der Waals surface area contributed by atoms with Crippen LogP contribution in [0.5, 0.6) is 0 Å². The minimum absolute atomic E-state index is 0.550. The standard InChI is InChI=1S/C14H21N5/c15-19-12-7-11(17-14(18-12)10-5-6-10)16-13(8-1-2-8)9-3-4-9/h7-10,13H,1-6,15H2,(H2,16,17,18,19). The predicted octanol–water partition coefficient (Wildman–Crippen LogP) is 2.24. The number of nitrogen functional groups attached to an aromatic ring is 1. The fraction of sp³-hybridized carbons (Fsp3) is 0.714. The summed E-state index contributed by atoms with van der Waals surface area (Å²) in [4.78, 5) is 9.14. The summed E-state index contributed by atoms with van der Waals surface area (Å²) < 4.78 is 0. The Morgan fingerprint density at radius 3 is 2.16 bits per heavy atom. The lowest BCUT2D eigenvalue weighted by Crippen LogP contribution is -2.25. The van der Waals surface area contributed by atoms with Crippen LogP contribution in [0.3, 0.4) is 0 Å². The molecule has 5 nitrogen and oxygen atoms in total. The van der Waals surface area contributed by atoms with Gasteiger partial charge < -0.3 is 10.7 Å². The molecule has 1 aromatic rings. The van der Waals surface area contributed by atoms with Crippen molar-refractivity contribution in [3.8, 4) is 0 Å². The Bertz CT molecular complexity index is 465. The van der Waals surface area contributed by atoms with Gasteiger partial charge in [0.15, 0.2) is 0 Å². The van der Waals surface area contributed by atoms with E-state index in [1.165, 1.54) is 38.5 Å². The lowest BCUT2D eigenvalue weighted by atomic mass is 10.1. The summed E-state index contributed by atoms with van der Waals surface area (Å²) >= 11 is 0. The van der Waals surface area contributed by atoms with E-state index in [2.05, 4.69) is 20.7 Å². The molecule has 0 spiro atoms. The molecule has 0 unspecified atom stereocenters. The third kappa shape index (κ3) is 2.52. The molecule has 0 aromatic carbocycles. The average Bonchev–Trinajstić information content (AvgIpc) is 3.33. The second-order valence-corrected chi connectivity index (χ2v) is 6.26. The SMILES string of the molecule is NNc1cc(NC(C2CC2)C2CC2)nc(C2CC2)n1. The number of aromatic nitrogens is 2. The van der Waals surface area contributed by atoms with Gasteiger partial charge in [-0.1, -0.05) is 0 Å². The second-order valence-electron chi connectivity index (χ2n) is 6.26. The third-order valence-corrected chi connectivity index (χ3v) is 4.41. The molecule has 0 bridgehead atoms. The van der Waals surface area contributed by atoms with E-state index >= 15 is 0 Å². The number of nitrogens with zero attached hydrogens (tertiary/aromatic N) is 2. The number of nitrogens with two attached hydrogens (primary N) is 1. The maximum atomic E-state index is 5.52. The molecule has 0 radical (unpaired) electrons. The van der Waals surface area contributed by atoms with Crippen molar-refractivity contribution >= 4 is 11.6 Å². The minimum Gasteiger partial charge on any atom is -0.367 e. The Hall–Kier alpha value is -1.36. The molecule has 102 valence electrons. The van der Waals surface area contributed by atoms with Crippen LogP contribution in [0.15, 0.2) is 6.07 Å². The van der Waals surface area contributed by atoms with E-state index in [9.17, 15) is 0 Å². The molecule has 0 aliphatic heterocycles. The van der Waals surface area contributed by atoms with Crippen LogP contribution in [0.1, 0.15) is 50.3 Å². The number of nitrogens with one attached hydrogen (secondary N) is 2. The maximum absolute atomic E-state index is 5.52. The molecule has 4 rings (SSSR count). The lowest BCUT2D eigenvalue weighted by Gasteiger charge is -2.19. The topological polar surface area (TPSA) is 75.9 Å². The summed E-state index contributed by atoms with van der Waals surface area (Å²) in [7, 11) is 0. The van der Waals surface area contributed by atoms with Crippen LogP contribution in [0.4, 0.5) is 11.6 Å². The first-order valence-electron chi connectivity index (χ1n) is 7.45. The van der Waals surface area contributed by atoms with Gasteiger partial charge in [0, 0.05) is 18.0 Å². The van der Waals surface area contributed by atoms with Crippen molar-refractivity contribution in [3.63, 3.8) is 0 Å². The molecule has 3 fully saturated rings. The molecule has 3 aliphatic carbocycles. The van der Waals surface area contributed by atoms with Crippen LogP contribution >= 0.6 is 0 Å². The van der Waals surface area contributed by atoms with E-state index < -0.39 is 0 Å². The van der Waals surface area contributed by atoms with Crippen LogP contribution in [-0.2, 0) is 0 Å². The van der Waals surface area contributed by atoms with E-state index in [0.717, 1.165) is 29.3 Å².